The lowest BCUT2D eigenvalue weighted by Gasteiger charge is -2.46. The molecule has 0 aromatic heterocycles. The fourth-order valence-corrected chi connectivity index (χ4v) is 7.02. The molecule has 0 saturated carbocycles. The second-order valence-corrected chi connectivity index (χ2v) is 14.6. The van der Waals surface area contributed by atoms with E-state index in [1.165, 1.54) is 0 Å². The summed E-state index contributed by atoms with van der Waals surface area (Å²) in [5, 5.41) is 34.9. The highest BCUT2D eigenvalue weighted by Gasteiger charge is 2.47. The Hall–Kier alpha value is -4.29. The van der Waals surface area contributed by atoms with Crippen molar-refractivity contribution in [3.63, 3.8) is 0 Å². The van der Waals surface area contributed by atoms with Crippen molar-refractivity contribution in [3.8, 4) is 0 Å². The standard InChI is InChI=1S/C39H55N3O9/c1-7-32-30(22-35(46)47)29(21-34(44)45)31(23-36(48)49)37(51-32)27-16-11-24(2)28(20-27)19-26-14-12-25(13-15-26)9-8-10-33(43)41-39(3,4)38(50)40-17-18-42(5)6/h11-16,20,29-32,37H,7-10,17-19,21-23H2,1-6H3,(H,40,50)(H,41,43)(H,44,45)(H,46,47)(H,48,49)/t29-,30+,31-,32+,37+/m0/s1. The number of rotatable bonds is 19. The summed E-state index contributed by atoms with van der Waals surface area (Å²) in [5.74, 6) is -5.71. The van der Waals surface area contributed by atoms with E-state index in [9.17, 15) is 39.3 Å². The number of likely N-dealkylation sites (N-methyl/N-ethyl adjacent to an activating group) is 1. The summed E-state index contributed by atoms with van der Waals surface area (Å²) >= 11 is 0. The molecule has 12 heteroatoms. The first-order valence-electron chi connectivity index (χ1n) is 17.7. The van der Waals surface area contributed by atoms with Gasteiger partial charge in [0.2, 0.25) is 11.8 Å². The number of hydrogen-bond acceptors (Lipinski definition) is 7. The molecule has 0 unspecified atom stereocenters. The average molecular weight is 710 g/mol. The first-order chi connectivity index (χ1) is 24.0. The highest BCUT2D eigenvalue weighted by atomic mass is 16.5. The number of hydrogen-bond donors (Lipinski definition) is 5. The molecule has 51 heavy (non-hydrogen) atoms. The third-order valence-electron chi connectivity index (χ3n) is 9.77. The molecule has 1 saturated heterocycles. The number of amides is 2. The van der Waals surface area contributed by atoms with E-state index in [-0.39, 0.29) is 37.5 Å². The molecule has 1 aliphatic heterocycles. The molecule has 2 aromatic rings. The lowest BCUT2D eigenvalue weighted by atomic mass is 9.67. The number of carboxylic acids is 3. The van der Waals surface area contributed by atoms with Gasteiger partial charge in [0.15, 0.2) is 0 Å². The summed E-state index contributed by atoms with van der Waals surface area (Å²) in [6.07, 6.45) is 0.455. The molecule has 1 aliphatic rings. The van der Waals surface area contributed by atoms with Gasteiger partial charge in [-0.25, -0.2) is 0 Å². The summed E-state index contributed by atoms with van der Waals surface area (Å²) in [4.78, 5) is 62.8. The summed E-state index contributed by atoms with van der Waals surface area (Å²) < 4.78 is 6.47. The van der Waals surface area contributed by atoms with Crippen LogP contribution in [0.1, 0.15) is 93.2 Å². The Labute approximate surface area is 300 Å². The van der Waals surface area contributed by atoms with E-state index < -0.39 is 53.4 Å². The highest BCUT2D eigenvalue weighted by Crippen LogP contribution is 2.48. The fourth-order valence-electron chi connectivity index (χ4n) is 7.02. The van der Waals surface area contributed by atoms with Crippen molar-refractivity contribution in [2.75, 3.05) is 27.2 Å². The second kappa shape index (κ2) is 18.8. The summed E-state index contributed by atoms with van der Waals surface area (Å²) in [5.41, 5.74) is 3.91. The van der Waals surface area contributed by atoms with E-state index in [0.29, 0.717) is 38.8 Å². The van der Waals surface area contributed by atoms with Crippen LogP contribution in [0, 0.1) is 24.7 Å². The van der Waals surface area contributed by atoms with Crippen LogP contribution in [-0.4, -0.2) is 88.8 Å². The number of benzene rings is 2. The maximum atomic E-state index is 12.6. The molecule has 280 valence electrons. The number of aliphatic carboxylic acids is 3. The van der Waals surface area contributed by atoms with Gasteiger partial charge in [-0.15, -0.1) is 0 Å². The van der Waals surface area contributed by atoms with Crippen LogP contribution in [0.2, 0.25) is 0 Å². The smallest absolute Gasteiger partial charge is 0.303 e. The highest BCUT2D eigenvalue weighted by molar-refractivity contribution is 5.90. The fraction of sp³-hybridized carbons (Fsp3) is 0.564. The van der Waals surface area contributed by atoms with Gasteiger partial charge in [-0.05, 0) is 100 Å². The molecule has 1 heterocycles. The van der Waals surface area contributed by atoms with Crippen molar-refractivity contribution in [2.45, 2.75) is 96.8 Å². The zero-order valence-electron chi connectivity index (χ0n) is 30.7. The molecule has 5 atom stereocenters. The average Bonchev–Trinajstić information content (AvgIpc) is 3.03. The van der Waals surface area contributed by atoms with Gasteiger partial charge in [-0.1, -0.05) is 49.4 Å². The molecule has 3 rings (SSSR count). The van der Waals surface area contributed by atoms with Gasteiger partial charge in [-0.3, -0.25) is 24.0 Å². The largest absolute Gasteiger partial charge is 0.481 e. The summed E-state index contributed by atoms with van der Waals surface area (Å²) in [6.45, 7) is 8.45. The topological polar surface area (TPSA) is 183 Å². The van der Waals surface area contributed by atoms with Crippen molar-refractivity contribution in [1.82, 2.24) is 15.5 Å². The molecule has 0 radical (unpaired) electrons. The number of carbonyl (C=O) groups excluding carboxylic acids is 2. The predicted octanol–water partition coefficient (Wildman–Crippen LogP) is 4.60. The van der Waals surface area contributed by atoms with Gasteiger partial charge < -0.3 is 35.6 Å². The maximum Gasteiger partial charge on any atom is 0.303 e. The number of aryl methyl sites for hydroxylation is 2. The maximum absolute atomic E-state index is 12.6. The minimum Gasteiger partial charge on any atom is -0.481 e. The van der Waals surface area contributed by atoms with Crippen molar-refractivity contribution < 1.29 is 44.0 Å². The Balaban J connectivity index is 1.69. The van der Waals surface area contributed by atoms with Crippen LogP contribution in [0.5, 0.6) is 0 Å². The summed E-state index contributed by atoms with van der Waals surface area (Å²) in [7, 11) is 3.85. The Morgan fingerprint density at radius 3 is 2.02 bits per heavy atom. The van der Waals surface area contributed by atoms with Gasteiger partial charge >= 0.3 is 17.9 Å². The Morgan fingerprint density at radius 2 is 1.43 bits per heavy atom. The number of carboxylic acid groups (broad SMARTS) is 3. The van der Waals surface area contributed by atoms with Gasteiger partial charge in [-0.2, -0.15) is 0 Å². The van der Waals surface area contributed by atoms with Crippen LogP contribution < -0.4 is 10.6 Å². The minimum atomic E-state index is -1.10. The third-order valence-corrected chi connectivity index (χ3v) is 9.77. The lowest BCUT2D eigenvalue weighted by molar-refractivity contribution is -0.176. The summed E-state index contributed by atoms with van der Waals surface area (Å²) in [6, 6.07) is 14.0. The van der Waals surface area contributed by atoms with Crippen molar-refractivity contribution >= 4 is 29.7 Å². The Morgan fingerprint density at radius 1 is 0.843 bits per heavy atom. The van der Waals surface area contributed by atoms with Crippen LogP contribution in [0.4, 0.5) is 0 Å². The number of nitrogens with one attached hydrogen (secondary N) is 2. The van der Waals surface area contributed by atoms with Crippen molar-refractivity contribution in [2.24, 2.45) is 17.8 Å². The molecule has 5 N–H and O–H groups in total. The minimum absolute atomic E-state index is 0.181. The van der Waals surface area contributed by atoms with E-state index in [2.05, 4.69) is 10.6 Å². The quantitative estimate of drug-likeness (QED) is 0.138. The SMILES string of the molecule is CC[C@H]1O[C@H](c2ccc(C)c(Cc3ccc(CCCC(=O)NC(C)(C)C(=O)NCCN(C)C)cc3)c2)[C@@H](CC(=O)O)[C@@H](CC(=O)O)[C@H]1CC(=O)O. The molecule has 0 spiro atoms. The molecular formula is C39H55N3O9. The number of ether oxygens (including phenoxy) is 1. The Bertz CT molecular complexity index is 1520. The molecule has 1 fully saturated rings. The normalized spacial score (nSPS) is 20.5. The van der Waals surface area contributed by atoms with E-state index >= 15 is 0 Å². The zero-order chi connectivity index (χ0) is 37.9. The predicted molar refractivity (Wildman–Crippen MR) is 192 cm³/mol. The van der Waals surface area contributed by atoms with Crippen molar-refractivity contribution in [1.29, 1.82) is 0 Å². The van der Waals surface area contributed by atoms with Gasteiger partial charge in [0.25, 0.3) is 0 Å². The van der Waals surface area contributed by atoms with Gasteiger partial charge in [0.1, 0.15) is 5.54 Å². The number of nitrogens with zero attached hydrogens (tertiary/aromatic N) is 1. The first kappa shape index (κ1) is 41.1. The van der Waals surface area contributed by atoms with E-state index in [1.54, 1.807) is 13.8 Å². The molecule has 2 amide bonds. The molecule has 12 nitrogen and oxygen atoms in total. The van der Waals surface area contributed by atoms with Gasteiger partial charge in [0.05, 0.1) is 25.0 Å². The zero-order valence-corrected chi connectivity index (χ0v) is 30.7. The van der Waals surface area contributed by atoms with Crippen LogP contribution in [-0.2, 0) is 41.6 Å². The van der Waals surface area contributed by atoms with Crippen molar-refractivity contribution in [3.05, 3.63) is 70.3 Å². The van der Waals surface area contributed by atoms with Crippen LogP contribution >= 0.6 is 0 Å². The van der Waals surface area contributed by atoms with E-state index in [0.717, 1.165) is 27.8 Å². The monoisotopic (exact) mass is 709 g/mol. The number of carbonyl (C=O) groups is 5. The Kier molecular flexibility index (Phi) is 15.2. The van der Waals surface area contributed by atoms with Crippen LogP contribution in [0.3, 0.4) is 0 Å². The lowest BCUT2D eigenvalue weighted by Crippen LogP contribution is -2.55. The first-order valence-corrected chi connectivity index (χ1v) is 17.7. The van der Waals surface area contributed by atoms with E-state index in [1.807, 2.05) is 75.3 Å². The van der Waals surface area contributed by atoms with Crippen LogP contribution in [0.15, 0.2) is 42.5 Å². The van der Waals surface area contributed by atoms with Crippen LogP contribution in [0.25, 0.3) is 0 Å². The molecule has 0 bridgehead atoms. The molecule has 2 aromatic carbocycles. The second-order valence-electron chi connectivity index (χ2n) is 14.6. The third kappa shape index (κ3) is 12.5. The molecular weight excluding hydrogens is 654 g/mol. The molecule has 0 aliphatic carbocycles. The van der Waals surface area contributed by atoms with E-state index in [4.69, 9.17) is 4.74 Å². The van der Waals surface area contributed by atoms with Gasteiger partial charge in [0, 0.05) is 31.8 Å².